The van der Waals surface area contributed by atoms with Crippen molar-refractivity contribution in [1.82, 2.24) is 5.32 Å². The van der Waals surface area contributed by atoms with Gasteiger partial charge in [-0.1, -0.05) is 19.1 Å². The van der Waals surface area contributed by atoms with E-state index < -0.39 is 6.09 Å². The van der Waals surface area contributed by atoms with Crippen molar-refractivity contribution >= 4 is 40.7 Å². The van der Waals surface area contributed by atoms with E-state index in [1.807, 2.05) is 0 Å². The quantitative estimate of drug-likeness (QED) is 0.744. The standard InChI is InChI=1S/C13H17N3O3S/c1-3-11(17)14-9-7-5-6-8-10(9)15-12(20)16-13(18)19-4-2/h5-8H,3-4H2,1-2H3,(H,14,17)(H2,15,16,18,20). The number of alkyl carbamates (subject to hydrolysis) is 1. The van der Waals surface area contributed by atoms with Gasteiger partial charge in [-0.15, -0.1) is 0 Å². The molecular formula is C13H17N3O3S. The van der Waals surface area contributed by atoms with Crippen LogP contribution in [-0.2, 0) is 9.53 Å². The highest BCUT2D eigenvalue weighted by atomic mass is 32.1. The topological polar surface area (TPSA) is 79.5 Å². The van der Waals surface area contributed by atoms with Crippen LogP contribution in [0.15, 0.2) is 24.3 Å². The number of anilines is 2. The zero-order valence-electron chi connectivity index (χ0n) is 11.4. The Kier molecular flexibility index (Phi) is 6.45. The van der Waals surface area contributed by atoms with Crippen LogP contribution in [-0.4, -0.2) is 23.7 Å². The zero-order chi connectivity index (χ0) is 15.0. The lowest BCUT2D eigenvalue weighted by atomic mass is 10.2. The summed E-state index contributed by atoms with van der Waals surface area (Å²) in [5, 5.41) is 8.04. The Labute approximate surface area is 122 Å². The van der Waals surface area contributed by atoms with Gasteiger partial charge in [-0.2, -0.15) is 0 Å². The molecule has 0 saturated carbocycles. The van der Waals surface area contributed by atoms with E-state index in [0.717, 1.165) is 0 Å². The Balaban J connectivity index is 2.69. The molecule has 0 heterocycles. The van der Waals surface area contributed by atoms with Gasteiger partial charge >= 0.3 is 6.09 Å². The third kappa shape index (κ3) is 5.23. The van der Waals surface area contributed by atoms with Crippen LogP contribution in [0.1, 0.15) is 20.3 Å². The summed E-state index contributed by atoms with van der Waals surface area (Å²) >= 11 is 4.99. The molecule has 7 heteroatoms. The third-order valence-corrected chi connectivity index (χ3v) is 2.47. The summed E-state index contributed by atoms with van der Waals surface area (Å²) in [6.45, 7) is 3.72. The van der Waals surface area contributed by atoms with Crippen molar-refractivity contribution in [3.05, 3.63) is 24.3 Å². The first kappa shape index (κ1) is 15.9. The fourth-order valence-corrected chi connectivity index (χ4v) is 1.55. The number of ether oxygens (including phenoxy) is 1. The van der Waals surface area contributed by atoms with E-state index in [1.54, 1.807) is 38.1 Å². The van der Waals surface area contributed by atoms with Gasteiger partial charge < -0.3 is 15.4 Å². The first-order valence-corrected chi connectivity index (χ1v) is 6.61. The highest BCUT2D eigenvalue weighted by Gasteiger charge is 2.08. The van der Waals surface area contributed by atoms with Gasteiger partial charge in [-0.05, 0) is 31.3 Å². The molecule has 0 bridgehead atoms. The number of para-hydroxylation sites is 2. The Morgan fingerprint density at radius 2 is 1.75 bits per heavy atom. The van der Waals surface area contributed by atoms with E-state index >= 15 is 0 Å². The fourth-order valence-electron chi connectivity index (χ4n) is 1.35. The number of rotatable bonds is 4. The highest BCUT2D eigenvalue weighted by molar-refractivity contribution is 7.80. The van der Waals surface area contributed by atoms with Crippen LogP contribution in [0.25, 0.3) is 0 Å². The molecule has 0 aliphatic heterocycles. The number of thiocarbonyl (C=S) groups is 1. The Morgan fingerprint density at radius 3 is 2.30 bits per heavy atom. The molecule has 0 aliphatic rings. The Bertz CT molecular complexity index is 505. The van der Waals surface area contributed by atoms with Crippen molar-refractivity contribution in [2.45, 2.75) is 20.3 Å². The van der Waals surface area contributed by atoms with Crippen molar-refractivity contribution in [1.29, 1.82) is 0 Å². The predicted molar refractivity (Wildman–Crippen MR) is 81.7 cm³/mol. The van der Waals surface area contributed by atoms with Crippen LogP contribution in [0.2, 0.25) is 0 Å². The van der Waals surface area contributed by atoms with E-state index in [0.29, 0.717) is 17.8 Å². The first-order chi connectivity index (χ1) is 9.56. The number of hydrogen-bond donors (Lipinski definition) is 3. The van der Waals surface area contributed by atoms with Crippen LogP contribution < -0.4 is 16.0 Å². The summed E-state index contributed by atoms with van der Waals surface area (Å²) in [5.74, 6) is -0.108. The lowest BCUT2D eigenvalue weighted by Gasteiger charge is -2.13. The summed E-state index contributed by atoms with van der Waals surface area (Å²) in [6.07, 6.45) is -0.250. The van der Waals surface area contributed by atoms with Gasteiger partial charge in [0.25, 0.3) is 0 Å². The maximum atomic E-state index is 11.4. The van der Waals surface area contributed by atoms with Crippen LogP contribution >= 0.6 is 12.2 Å². The summed E-state index contributed by atoms with van der Waals surface area (Å²) < 4.78 is 4.72. The number of hydrogen-bond acceptors (Lipinski definition) is 4. The molecule has 0 aromatic heterocycles. The Hall–Kier alpha value is -2.15. The smallest absolute Gasteiger partial charge is 0.413 e. The zero-order valence-corrected chi connectivity index (χ0v) is 12.2. The largest absolute Gasteiger partial charge is 0.450 e. The molecular weight excluding hydrogens is 278 g/mol. The van der Waals surface area contributed by atoms with Gasteiger partial charge in [0, 0.05) is 6.42 Å². The molecule has 0 radical (unpaired) electrons. The summed E-state index contributed by atoms with van der Waals surface area (Å²) in [7, 11) is 0. The van der Waals surface area contributed by atoms with Gasteiger partial charge in [0.1, 0.15) is 0 Å². The number of carbonyl (C=O) groups excluding carboxylic acids is 2. The second-order valence-corrected chi connectivity index (χ2v) is 4.16. The molecule has 0 fully saturated rings. The van der Waals surface area contributed by atoms with E-state index in [9.17, 15) is 9.59 Å². The van der Waals surface area contributed by atoms with E-state index in [1.165, 1.54) is 0 Å². The molecule has 3 N–H and O–H groups in total. The van der Waals surface area contributed by atoms with E-state index in [4.69, 9.17) is 17.0 Å². The van der Waals surface area contributed by atoms with Crippen LogP contribution in [0.4, 0.5) is 16.2 Å². The molecule has 0 unspecified atom stereocenters. The van der Waals surface area contributed by atoms with Crippen molar-refractivity contribution in [2.75, 3.05) is 17.2 Å². The lowest BCUT2D eigenvalue weighted by molar-refractivity contribution is -0.115. The van der Waals surface area contributed by atoms with Gasteiger partial charge in [0.15, 0.2) is 5.11 Å². The molecule has 0 spiro atoms. The van der Waals surface area contributed by atoms with Crippen LogP contribution in [0, 0.1) is 0 Å². The molecule has 20 heavy (non-hydrogen) atoms. The fraction of sp³-hybridized carbons (Fsp3) is 0.308. The van der Waals surface area contributed by atoms with E-state index in [-0.39, 0.29) is 17.6 Å². The van der Waals surface area contributed by atoms with Crippen molar-refractivity contribution < 1.29 is 14.3 Å². The predicted octanol–water partition coefficient (Wildman–Crippen LogP) is 2.48. The molecule has 2 amide bonds. The summed E-state index contributed by atoms with van der Waals surface area (Å²) in [5.41, 5.74) is 1.18. The van der Waals surface area contributed by atoms with Crippen LogP contribution in [0.3, 0.4) is 0 Å². The lowest BCUT2D eigenvalue weighted by Crippen LogP contribution is -2.34. The average molecular weight is 295 g/mol. The molecule has 0 aliphatic carbocycles. The summed E-state index contributed by atoms with van der Waals surface area (Å²) in [4.78, 5) is 22.6. The van der Waals surface area contributed by atoms with Crippen molar-refractivity contribution in [2.24, 2.45) is 0 Å². The minimum absolute atomic E-state index is 0.0987. The SMILES string of the molecule is CCOC(=O)NC(=S)Nc1ccccc1NC(=O)CC. The maximum absolute atomic E-state index is 11.4. The molecule has 1 rings (SSSR count). The van der Waals surface area contributed by atoms with Gasteiger partial charge in [-0.25, -0.2) is 4.79 Å². The maximum Gasteiger partial charge on any atom is 0.413 e. The molecule has 1 aromatic rings. The first-order valence-electron chi connectivity index (χ1n) is 6.20. The molecule has 108 valence electrons. The molecule has 0 saturated heterocycles. The van der Waals surface area contributed by atoms with Crippen molar-refractivity contribution in [3.63, 3.8) is 0 Å². The second-order valence-electron chi connectivity index (χ2n) is 3.75. The molecule has 1 aromatic carbocycles. The summed E-state index contributed by atoms with van der Waals surface area (Å²) in [6, 6.07) is 7.06. The number of amides is 2. The highest BCUT2D eigenvalue weighted by Crippen LogP contribution is 2.20. The van der Waals surface area contributed by atoms with Gasteiger partial charge in [0.05, 0.1) is 18.0 Å². The monoisotopic (exact) mass is 295 g/mol. The Morgan fingerprint density at radius 1 is 1.15 bits per heavy atom. The second kappa shape index (κ2) is 8.11. The number of benzene rings is 1. The van der Waals surface area contributed by atoms with Gasteiger partial charge in [-0.3, -0.25) is 10.1 Å². The minimum Gasteiger partial charge on any atom is -0.450 e. The third-order valence-electron chi connectivity index (χ3n) is 2.26. The molecule has 6 nitrogen and oxygen atoms in total. The van der Waals surface area contributed by atoms with Crippen LogP contribution in [0.5, 0.6) is 0 Å². The van der Waals surface area contributed by atoms with Gasteiger partial charge in [0.2, 0.25) is 5.91 Å². The normalized spacial score (nSPS) is 9.50. The average Bonchev–Trinajstić information content (AvgIpc) is 2.40. The van der Waals surface area contributed by atoms with E-state index in [2.05, 4.69) is 16.0 Å². The number of carbonyl (C=O) groups is 2. The van der Waals surface area contributed by atoms with Crippen molar-refractivity contribution in [3.8, 4) is 0 Å². The minimum atomic E-state index is -0.625. The number of nitrogens with one attached hydrogen (secondary N) is 3. The molecule has 0 atom stereocenters.